The molecule has 0 spiro atoms. The van der Waals surface area contributed by atoms with Gasteiger partial charge in [0.15, 0.2) is 5.92 Å². The lowest BCUT2D eigenvalue weighted by atomic mass is 10.0. The fourth-order valence-corrected chi connectivity index (χ4v) is 1.42. The van der Waals surface area contributed by atoms with Crippen molar-refractivity contribution in [3.05, 3.63) is 0 Å². The summed E-state index contributed by atoms with van der Waals surface area (Å²) in [5.74, 6) is -7.24. The first-order valence-corrected chi connectivity index (χ1v) is 5.35. The van der Waals surface area contributed by atoms with Crippen molar-refractivity contribution in [2.24, 2.45) is 5.92 Å². The second-order valence-electron chi connectivity index (χ2n) is 3.81. The summed E-state index contributed by atoms with van der Waals surface area (Å²) in [5, 5.41) is 17.5. The van der Waals surface area contributed by atoms with Crippen LogP contribution in [0.4, 0.5) is 0 Å². The molecule has 0 aromatic carbocycles. The highest BCUT2D eigenvalue weighted by Gasteiger charge is 2.33. The van der Waals surface area contributed by atoms with Crippen LogP contribution in [0.1, 0.15) is 25.7 Å². The van der Waals surface area contributed by atoms with Crippen LogP contribution in [0.3, 0.4) is 0 Å². The molecular formula is C10H11NO8. The minimum Gasteiger partial charge on any atom is -0.481 e. The number of hydrogen-bond acceptors (Lipinski definition) is 6. The highest BCUT2D eigenvalue weighted by Crippen LogP contribution is 2.14. The minimum atomic E-state index is -1.74. The number of hydrogen-bond donors (Lipinski definition) is 2. The number of aliphatic carboxylic acids is 2. The van der Waals surface area contributed by atoms with Crippen LogP contribution >= 0.6 is 0 Å². The van der Waals surface area contributed by atoms with Crippen LogP contribution < -0.4 is 0 Å². The number of carboxylic acid groups (broad SMARTS) is 2. The lowest BCUT2D eigenvalue weighted by Crippen LogP contribution is -2.32. The molecule has 9 heteroatoms. The summed E-state index contributed by atoms with van der Waals surface area (Å²) >= 11 is 0. The van der Waals surface area contributed by atoms with Crippen LogP contribution in [0.5, 0.6) is 0 Å². The Hall–Kier alpha value is -2.45. The number of nitrogens with zero attached hydrogens (tertiary/aromatic N) is 1. The van der Waals surface area contributed by atoms with Crippen LogP contribution in [0.25, 0.3) is 0 Å². The molecular weight excluding hydrogens is 262 g/mol. The predicted octanol–water partition coefficient (Wildman–Crippen LogP) is -0.841. The van der Waals surface area contributed by atoms with Crippen LogP contribution in [0, 0.1) is 5.92 Å². The van der Waals surface area contributed by atoms with E-state index in [2.05, 4.69) is 4.84 Å². The summed E-state index contributed by atoms with van der Waals surface area (Å²) in [4.78, 5) is 59.1. The number of hydroxylamine groups is 2. The molecule has 1 saturated heterocycles. The molecule has 19 heavy (non-hydrogen) atoms. The van der Waals surface area contributed by atoms with E-state index < -0.39 is 48.5 Å². The SMILES string of the molecule is O=C(CCC(C(=O)O)C(=O)O)ON1C(=O)CCC1=O. The molecule has 1 heterocycles. The lowest BCUT2D eigenvalue weighted by Gasteiger charge is -2.13. The third-order valence-electron chi connectivity index (χ3n) is 2.43. The van der Waals surface area contributed by atoms with Gasteiger partial charge in [0, 0.05) is 19.3 Å². The Morgan fingerprint density at radius 3 is 2.00 bits per heavy atom. The van der Waals surface area contributed by atoms with Gasteiger partial charge in [-0.15, -0.1) is 5.06 Å². The van der Waals surface area contributed by atoms with Gasteiger partial charge in [-0.05, 0) is 6.42 Å². The average Bonchev–Trinajstić information content (AvgIpc) is 2.60. The normalized spacial score (nSPS) is 14.9. The fraction of sp³-hybridized carbons (Fsp3) is 0.500. The van der Waals surface area contributed by atoms with Gasteiger partial charge in [0.25, 0.3) is 11.8 Å². The highest BCUT2D eigenvalue weighted by molar-refractivity contribution is 6.01. The fourth-order valence-electron chi connectivity index (χ4n) is 1.42. The zero-order valence-corrected chi connectivity index (χ0v) is 9.70. The molecule has 0 aromatic heterocycles. The molecule has 104 valence electrons. The zero-order valence-electron chi connectivity index (χ0n) is 9.70. The molecule has 0 radical (unpaired) electrons. The van der Waals surface area contributed by atoms with E-state index in [-0.39, 0.29) is 12.8 Å². The summed E-state index contributed by atoms with van der Waals surface area (Å²) < 4.78 is 0. The number of carboxylic acids is 2. The molecule has 1 aliphatic rings. The van der Waals surface area contributed by atoms with Gasteiger partial charge in [0.05, 0.1) is 0 Å². The van der Waals surface area contributed by atoms with Crippen molar-refractivity contribution in [2.45, 2.75) is 25.7 Å². The molecule has 1 rings (SSSR count). The molecule has 1 fully saturated rings. The molecule has 0 unspecified atom stereocenters. The zero-order chi connectivity index (χ0) is 14.6. The van der Waals surface area contributed by atoms with Gasteiger partial charge in [0.1, 0.15) is 0 Å². The Labute approximate surface area is 106 Å². The van der Waals surface area contributed by atoms with Crippen molar-refractivity contribution in [2.75, 3.05) is 0 Å². The quantitative estimate of drug-likeness (QED) is 0.471. The summed E-state index contributed by atoms with van der Waals surface area (Å²) in [6.07, 6.45) is -1.13. The first-order valence-electron chi connectivity index (χ1n) is 5.35. The monoisotopic (exact) mass is 273 g/mol. The van der Waals surface area contributed by atoms with Crippen LogP contribution in [-0.2, 0) is 28.8 Å². The van der Waals surface area contributed by atoms with Crippen LogP contribution in [0.2, 0.25) is 0 Å². The van der Waals surface area contributed by atoms with Gasteiger partial charge in [0.2, 0.25) is 0 Å². The largest absolute Gasteiger partial charge is 0.481 e. The Bertz CT molecular complexity index is 413. The molecule has 0 atom stereocenters. The van der Waals surface area contributed by atoms with E-state index in [0.717, 1.165) is 0 Å². The highest BCUT2D eigenvalue weighted by atomic mass is 16.7. The Morgan fingerprint density at radius 1 is 1.11 bits per heavy atom. The number of carbonyl (C=O) groups is 5. The average molecular weight is 273 g/mol. The summed E-state index contributed by atoms with van der Waals surface area (Å²) in [5.41, 5.74) is 0. The summed E-state index contributed by atoms with van der Waals surface area (Å²) in [6.45, 7) is 0. The number of rotatable bonds is 6. The van der Waals surface area contributed by atoms with Crippen molar-refractivity contribution in [1.82, 2.24) is 5.06 Å². The summed E-state index contributed by atoms with van der Waals surface area (Å²) in [7, 11) is 0. The Morgan fingerprint density at radius 2 is 1.58 bits per heavy atom. The van der Waals surface area contributed by atoms with E-state index in [1.807, 2.05) is 0 Å². The number of carbonyl (C=O) groups excluding carboxylic acids is 3. The smallest absolute Gasteiger partial charge is 0.333 e. The first-order chi connectivity index (χ1) is 8.82. The van der Waals surface area contributed by atoms with Gasteiger partial charge < -0.3 is 15.1 Å². The lowest BCUT2D eigenvalue weighted by molar-refractivity contribution is -0.197. The van der Waals surface area contributed by atoms with E-state index in [0.29, 0.717) is 5.06 Å². The van der Waals surface area contributed by atoms with Crippen molar-refractivity contribution in [3.8, 4) is 0 Å². The van der Waals surface area contributed by atoms with Crippen molar-refractivity contribution < 1.29 is 39.0 Å². The van der Waals surface area contributed by atoms with Gasteiger partial charge in [-0.25, -0.2) is 4.79 Å². The van der Waals surface area contributed by atoms with E-state index in [9.17, 15) is 24.0 Å². The summed E-state index contributed by atoms with van der Waals surface area (Å²) in [6, 6.07) is 0. The third-order valence-corrected chi connectivity index (χ3v) is 2.43. The molecule has 9 nitrogen and oxygen atoms in total. The second kappa shape index (κ2) is 5.94. The second-order valence-corrected chi connectivity index (χ2v) is 3.81. The Balaban J connectivity index is 2.47. The van der Waals surface area contributed by atoms with E-state index >= 15 is 0 Å². The van der Waals surface area contributed by atoms with Gasteiger partial charge in [-0.3, -0.25) is 19.2 Å². The molecule has 0 saturated carbocycles. The maximum atomic E-state index is 11.3. The molecule has 1 aliphatic heterocycles. The predicted molar refractivity (Wildman–Crippen MR) is 55.2 cm³/mol. The molecule has 0 bridgehead atoms. The minimum absolute atomic E-state index is 0.0566. The molecule has 0 aromatic rings. The molecule has 2 N–H and O–H groups in total. The van der Waals surface area contributed by atoms with E-state index in [4.69, 9.17) is 10.2 Å². The van der Waals surface area contributed by atoms with Crippen molar-refractivity contribution >= 4 is 29.7 Å². The first kappa shape index (κ1) is 14.6. The van der Waals surface area contributed by atoms with Crippen molar-refractivity contribution in [3.63, 3.8) is 0 Å². The number of amides is 2. The maximum absolute atomic E-state index is 11.3. The van der Waals surface area contributed by atoms with Gasteiger partial charge in [-0.1, -0.05) is 0 Å². The van der Waals surface area contributed by atoms with Crippen molar-refractivity contribution in [1.29, 1.82) is 0 Å². The third kappa shape index (κ3) is 3.76. The van der Waals surface area contributed by atoms with Crippen LogP contribution in [-0.4, -0.2) is 45.0 Å². The van der Waals surface area contributed by atoms with E-state index in [1.54, 1.807) is 0 Å². The van der Waals surface area contributed by atoms with E-state index in [1.165, 1.54) is 0 Å². The molecule has 0 aliphatic carbocycles. The van der Waals surface area contributed by atoms with Crippen LogP contribution in [0.15, 0.2) is 0 Å². The van der Waals surface area contributed by atoms with Gasteiger partial charge >= 0.3 is 17.9 Å². The van der Waals surface area contributed by atoms with Gasteiger partial charge in [-0.2, -0.15) is 0 Å². The number of imide groups is 1. The standard InChI is InChI=1S/C10H11NO8/c12-6-2-3-7(13)11(6)19-8(14)4-1-5(9(15)16)10(17)18/h5H,1-4H2,(H,15,16)(H,17,18). The Kier molecular flexibility index (Phi) is 4.56. The maximum Gasteiger partial charge on any atom is 0.333 e. The molecule has 2 amide bonds. The topological polar surface area (TPSA) is 138 Å².